The summed E-state index contributed by atoms with van der Waals surface area (Å²) in [5.41, 5.74) is 2.21. The number of halogens is 2. The van der Waals surface area contributed by atoms with E-state index in [4.69, 9.17) is 23.2 Å². The van der Waals surface area contributed by atoms with E-state index >= 15 is 0 Å². The zero-order valence-electron chi connectivity index (χ0n) is 9.98. The molecular formula is C13H12Cl2N2O. The number of benzene rings is 1. The number of aliphatic hydroxyl groups excluding tert-OH is 1. The van der Waals surface area contributed by atoms with Crippen molar-refractivity contribution in [2.75, 3.05) is 0 Å². The molecule has 0 spiro atoms. The van der Waals surface area contributed by atoms with E-state index in [-0.39, 0.29) is 0 Å². The second kappa shape index (κ2) is 5.22. The van der Waals surface area contributed by atoms with Crippen molar-refractivity contribution in [3.63, 3.8) is 0 Å². The molecule has 0 fully saturated rings. The molecule has 1 unspecified atom stereocenters. The van der Waals surface area contributed by atoms with Crippen LogP contribution in [0.2, 0.25) is 10.0 Å². The third-order valence-corrected chi connectivity index (χ3v) is 3.02. The average molecular weight is 283 g/mol. The second-order valence-electron chi connectivity index (χ2n) is 4.07. The summed E-state index contributed by atoms with van der Waals surface area (Å²) < 4.78 is 0. The quantitative estimate of drug-likeness (QED) is 0.911. The van der Waals surface area contributed by atoms with Gasteiger partial charge in [-0.1, -0.05) is 23.2 Å². The summed E-state index contributed by atoms with van der Waals surface area (Å²) in [5, 5.41) is 10.6. The fraction of sp³-hybridized carbons (Fsp3) is 0.231. The van der Waals surface area contributed by atoms with Gasteiger partial charge in [0.15, 0.2) is 5.82 Å². The Kier molecular flexibility index (Phi) is 3.85. The highest BCUT2D eigenvalue weighted by Gasteiger charge is 2.10. The molecule has 2 rings (SSSR count). The molecule has 3 nitrogen and oxygen atoms in total. The molecule has 1 heterocycles. The number of aliphatic hydroxyl groups is 1. The van der Waals surface area contributed by atoms with Crippen molar-refractivity contribution < 1.29 is 5.11 Å². The van der Waals surface area contributed by atoms with Crippen LogP contribution in [-0.2, 0) is 0 Å². The molecule has 0 saturated carbocycles. The van der Waals surface area contributed by atoms with E-state index in [0.717, 1.165) is 11.3 Å². The van der Waals surface area contributed by atoms with Crippen LogP contribution in [-0.4, -0.2) is 15.1 Å². The first kappa shape index (κ1) is 13.3. The SMILES string of the molecule is Cc1nc(-c2cc(Cl)cc(Cl)c2)ncc1C(C)O. The summed E-state index contributed by atoms with van der Waals surface area (Å²) in [6.07, 6.45) is 1.04. The Bertz CT molecular complexity index is 565. The van der Waals surface area contributed by atoms with Crippen molar-refractivity contribution in [1.82, 2.24) is 9.97 Å². The van der Waals surface area contributed by atoms with Gasteiger partial charge in [0.2, 0.25) is 0 Å². The average Bonchev–Trinajstić information content (AvgIpc) is 2.26. The van der Waals surface area contributed by atoms with Gasteiger partial charge in [0.1, 0.15) is 0 Å². The molecular weight excluding hydrogens is 271 g/mol. The molecule has 0 amide bonds. The highest BCUT2D eigenvalue weighted by molar-refractivity contribution is 6.35. The Labute approximate surface area is 115 Å². The van der Waals surface area contributed by atoms with Gasteiger partial charge in [0.25, 0.3) is 0 Å². The Morgan fingerprint density at radius 1 is 1.17 bits per heavy atom. The molecule has 94 valence electrons. The molecule has 1 N–H and O–H groups in total. The molecule has 1 aromatic carbocycles. The predicted molar refractivity (Wildman–Crippen MR) is 72.9 cm³/mol. The third kappa shape index (κ3) is 2.80. The molecule has 1 atom stereocenters. The minimum atomic E-state index is -0.581. The van der Waals surface area contributed by atoms with Crippen molar-refractivity contribution in [3.8, 4) is 11.4 Å². The number of hydrogen-bond donors (Lipinski definition) is 1. The zero-order valence-corrected chi connectivity index (χ0v) is 11.5. The van der Waals surface area contributed by atoms with Crippen molar-refractivity contribution >= 4 is 23.2 Å². The van der Waals surface area contributed by atoms with E-state index in [1.807, 2.05) is 6.92 Å². The first-order valence-electron chi connectivity index (χ1n) is 5.45. The molecule has 0 aliphatic heterocycles. The Balaban J connectivity index is 2.48. The molecule has 5 heteroatoms. The van der Waals surface area contributed by atoms with Crippen LogP contribution in [0.25, 0.3) is 11.4 Å². The van der Waals surface area contributed by atoms with Gasteiger partial charge < -0.3 is 5.11 Å². The Morgan fingerprint density at radius 2 is 1.78 bits per heavy atom. The van der Waals surface area contributed by atoms with Crippen LogP contribution in [0.5, 0.6) is 0 Å². The van der Waals surface area contributed by atoms with Crippen molar-refractivity contribution in [2.45, 2.75) is 20.0 Å². The number of hydrogen-bond acceptors (Lipinski definition) is 3. The van der Waals surface area contributed by atoms with Crippen molar-refractivity contribution in [2.24, 2.45) is 0 Å². The van der Waals surface area contributed by atoms with Gasteiger partial charge in [-0.25, -0.2) is 9.97 Å². The van der Waals surface area contributed by atoms with Gasteiger partial charge in [-0.15, -0.1) is 0 Å². The summed E-state index contributed by atoms with van der Waals surface area (Å²) in [6.45, 7) is 3.51. The third-order valence-electron chi connectivity index (χ3n) is 2.59. The lowest BCUT2D eigenvalue weighted by atomic mass is 10.1. The molecule has 18 heavy (non-hydrogen) atoms. The monoisotopic (exact) mass is 282 g/mol. The highest BCUT2D eigenvalue weighted by atomic mass is 35.5. The molecule has 0 saturated heterocycles. The van der Waals surface area contributed by atoms with Crippen LogP contribution in [0.1, 0.15) is 24.3 Å². The largest absolute Gasteiger partial charge is 0.389 e. The van der Waals surface area contributed by atoms with E-state index in [2.05, 4.69) is 9.97 Å². The maximum atomic E-state index is 9.53. The van der Waals surface area contributed by atoms with Crippen LogP contribution < -0.4 is 0 Å². The summed E-state index contributed by atoms with van der Waals surface area (Å²) in [4.78, 5) is 8.58. The van der Waals surface area contributed by atoms with E-state index in [9.17, 15) is 5.11 Å². The van der Waals surface area contributed by atoms with Gasteiger partial charge in [0.05, 0.1) is 6.10 Å². The number of rotatable bonds is 2. The van der Waals surface area contributed by atoms with Crippen molar-refractivity contribution in [3.05, 3.63) is 45.7 Å². The van der Waals surface area contributed by atoms with E-state index in [1.165, 1.54) is 0 Å². The number of aromatic nitrogens is 2. The lowest BCUT2D eigenvalue weighted by Gasteiger charge is -2.09. The van der Waals surface area contributed by atoms with Gasteiger partial charge in [-0.3, -0.25) is 0 Å². The molecule has 0 aliphatic carbocycles. The predicted octanol–water partition coefficient (Wildman–Crippen LogP) is 3.81. The first-order chi connectivity index (χ1) is 8.47. The molecule has 0 bridgehead atoms. The Morgan fingerprint density at radius 3 is 2.28 bits per heavy atom. The Hall–Kier alpha value is -1.16. The number of aryl methyl sites for hydroxylation is 1. The minimum absolute atomic E-state index is 0.540. The number of nitrogens with zero attached hydrogens (tertiary/aromatic N) is 2. The molecule has 2 aromatic rings. The van der Waals surface area contributed by atoms with E-state index in [1.54, 1.807) is 31.3 Å². The molecule has 0 radical (unpaired) electrons. The molecule has 1 aromatic heterocycles. The first-order valence-corrected chi connectivity index (χ1v) is 6.21. The summed E-state index contributed by atoms with van der Waals surface area (Å²) in [7, 11) is 0. The minimum Gasteiger partial charge on any atom is -0.389 e. The van der Waals surface area contributed by atoms with Crippen molar-refractivity contribution in [1.29, 1.82) is 0 Å². The van der Waals surface area contributed by atoms with E-state index < -0.39 is 6.10 Å². The fourth-order valence-corrected chi connectivity index (χ4v) is 2.23. The lowest BCUT2D eigenvalue weighted by Crippen LogP contribution is -2.01. The van der Waals surface area contributed by atoms with Gasteiger partial charge in [-0.05, 0) is 32.0 Å². The second-order valence-corrected chi connectivity index (χ2v) is 4.94. The summed E-state index contributed by atoms with van der Waals surface area (Å²) >= 11 is 11.9. The van der Waals surface area contributed by atoms with Crippen LogP contribution in [0.4, 0.5) is 0 Å². The van der Waals surface area contributed by atoms with Crippen LogP contribution in [0.15, 0.2) is 24.4 Å². The highest BCUT2D eigenvalue weighted by Crippen LogP contribution is 2.26. The van der Waals surface area contributed by atoms with E-state index in [0.29, 0.717) is 21.4 Å². The lowest BCUT2D eigenvalue weighted by molar-refractivity contribution is 0.197. The molecule has 0 aliphatic rings. The van der Waals surface area contributed by atoms with Gasteiger partial charge in [-0.2, -0.15) is 0 Å². The van der Waals surface area contributed by atoms with Gasteiger partial charge in [0, 0.05) is 33.1 Å². The topological polar surface area (TPSA) is 46.0 Å². The fourth-order valence-electron chi connectivity index (χ4n) is 1.71. The standard InChI is InChI=1S/C13H12Cl2N2O/c1-7-12(8(2)18)6-16-13(17-7)9-3-10(14)5-11(15)4-9/h3-6,8,18H,1-2H3. The van der Waals surface area contributed by atoms with Crippen LogP contribution in [0, 0.1) is 6.92 Å². The van der Waals surface area contributed by atoms with Crippen LogP contribution in [0.3, 0.4) is 0 Å². The maximum absolute atomic E-state index is 9.53. The summed E-state index contributed by atoms with van der Waals surface area (Å²) in [5.74, 6) is 0.543. The normalized spacial score (nSPS) is 12.5. The maximum Gasteiger partial charge on any atom is 0.159 e. The van der Waals surface area contributed by atoms with Gasteiger partial charge >= 0.3 is 0 Å². The zero-order chi connectivity index (χ0) is 13.3. The smallest absolute Gasteiger partial charge is 0.159 e. The van der Waals surface area contributed by atoms with Crippen LogP contribution >= 0.6 is 23.2 Å². The summed E-state index contributed by atoms with van der Waals surface area (Å²) in [6, 6.07) is 5.16.